The molecule has 1 saturated heterocycles. The van der Waals surface area contributed by atoms with E-state index in [0.29, 0.717) is 31.0 Å². The summed E-state index contributed by atoms with van der Waals surface area (Å²) in [7, 11) is 0. The van der Waals surface area contributed by atoms with Crippen molar-refractivity contribution < 1.29 is 18.3 Å². The Balaban J connectivity index is 1.91. The van der Waals surface area contributed by atoms with Crippen molar-refractivity contribution in [1.82, 2.24) is 10.2 Å². The van der Waals surface area contributed by atoms with E-state index < -0.39 is 17.3 Å². The van der Waals surface area contributed by atoms with Gasteiger partial charge in [0.15, 0.2) is 0 Å². The summed E-state index contributed by atoms with van der Waals surface area (Å²) in [5, 5.41) is 15.1. The number of hydrogen-bond donors (Lipinski definition) is 2. The fourth-order valence-corrected chi connectivity index (χ4v) is 3.35. The lowest BCUT2D eigenvalue weighted by molar-refractivity contribution is -0.137. The van der Waals surface area contributed by atoms with E-state index in [1.54, 1.807) is 11.0 Å². The minimum Gasteiger partial charge on any atom is -0.396 e. The summed E-state index contributed by atoms with van der Waals surface area (Å²) in [6, 6.07) is 6.77. The maximum atomic E-state index is 13.6. The third-order valence-electron chi connectivity index (χ3n) is 4.77. The van der Waals surface area contributed by atoms with Crippen molar-refractivity contribution in [3.63, 3.8) is 0 Å². The maximum absolute atomic E-state index is 13.6. The molecular formula is C18H20F3N3O2. The van der Waals surface area contributed by atoms with Gasteiger partial charge in [0, 0.05) is 37.0 Å². The van der Waals surface area contributed by atoms with E-state index >= 15 is 0 Å². The number of alkyl halides is 3. The minimum absolute atomic E-state index is 0.110. The van der Waals surface area contributed by atoms with Gasteiger partial charge in [-0.3, -0.25) is 4.79 Å². The standard InChI is InChI=1S/C18H20F3N3O2/c19-18(20,21)14-11-13(15-2-4-17(26)23-22-15)1-3-16(14)24-8-5-12(6-9-24)7-10-25/h1-4,11-12,25H,5-10H2,(H,23,26). The molecule has 0 amide bonds. The molecule has 3 rings (SSSR count). The predicted molar refractivity (Wildman–Crippen MR) is 91.9 cm³/mol. The number of nitrogens with zero attached hydrogens (tertiary/aromatic N) is 2. The van der Waals surface area contributed by atoms with Crippen LogP contribution in [0.2, 0.25) is 0 Å². The zero-order valence-corrected chi connectivity index (χ0v) is 14.1. The van der Waals surface area contributed by atoms with Crippen LogP contribution in [0, 0.1) is 5.92 Å². The molecule has 140 valence electrons. The van der Waals surface area contributed by atoms with Gasteiger partial charge in [0.05, 0.1) is 11.3 Å². The lowest BCUT2D eigenvalue weighted by Crippen LogP contribution is -2.35. The van der Waals surface area contributed by atoms with Crippen LogP contribution in [0.4, 0.5) is 18.9 Å². The van der Waals surface area contributed by atoms with Gasteiger partial charge >= 0.3 is 6.18 Å². The third-order valence-corrected chi connectivity index (χ3v) is 4.77. The van der Waals surface area contributed by atoms with E-state index in [9.17, 15) is 18.0 Å². The smallest absolute Gasteiger partial charge is 0.396 e. The average molecular weight is 367 g/mol. The number of aliphatic hydroxyl groups is 1. The van der Waals surface area contributed by atoms with Gasteiger partial charge < -0.3 is 10.0 Å². The van der Waals surface area contributed by atoms with Crippen molar-refractivity contribution in [2.24, 2.45) is 5.92 Å². The highest BCUT2D eigenvalue weighted by molar-refractivity contribution is 5.67. The minimum atomic E-state index is -4.49. The van der Waals surface area contributed by atoms with Crippen LogP contribution in [0.3, 0.4) is 0 Å². The van der Waals surface area contributed by atoms with Crippen LogP contribution in [0.5, 0.6) is 0 Å². The Labute approximate surface area is 148 Å². The molecule has 0 bridgehead atoms. The summed E-state index contributed by atoms with van der Waals surface area (Å²) in [4.78, 5) is 12.8. The fraction of sp³-hybridized carbons (Fsp3) is 0.444. The molecule has 0 unspecified atom stereocenters. The number of hydrogen-bond acceptors (Lipinski definition) is 4. The molecule has 1 aliphatic heterocycles. The fourth-order valence-electron chi connectivity index (χ4n) is 3.35. The lowest BCUT2D eigenvalue weighted by atomic mass is 9.93. The van der Waals surface area contributed by atoms with E-state index in [1.807, 2.05) is 0 Å². The number of aliphatic hydroxyl groups excluding tert-OH is 1. The highest BCUT2D eigenvalue weighted by atomic mass is 19.4. The van der Waals surface area contributed by atoms with Crippen LogP contribution in [-0.4, -0.2) is 35.0 Å². The Morgan fingerprint density at radius 2 is 1.92 bits per heavy atom. The van der Waals surface area contributed by atoms with Crippen LogP contribution in [-0.2, 0) is 6.18 Å². The van der Waals surface area contributed by atoms with E-state index in [-0.39, 0.29) is 18.0 Å². The molecule has 2 aromatic rings. The largest absolute Gasteiger partial charge is 0.418 e. The number of aromatic nitrogens is 2. The van der Waals surface area contributed by atoms with Crippen molar-refractivity contribution >= 4 is 5.69 Å². The second-order valence-electron chi connectivity index (χ2n) is 6.48. The number of rotatable bonds is 4. The number of H-pyrrole nitrogens is 1. The van der Waals surface area contributed by atoms with Crippen molar-refractivity contribution in [2.75, 3.05) is 24.6 Å². The molecule has 2 N–H and O–H groups in total. The summed E-state index contributed by atoms with van der Waals surface area (Å²) < 4.78 is 40.9. The summed E-state index contributed by atoms with van der Waals surface area (Å²) >= 11 is 0. The molecule has 1 fully saturated rings. The Morgan fingerprint density at radius 3 is 2.50 bits per heavy atom. The predicted octanol–water partition coefficient (Wildman–Crippen LogP) is 3.05. The second kappa shape index (κ2) is 7.49. The van der Waals surface area contributed by atoms with Gasteiger partial charge in [-0.2, -0.15) is 18.3 Å². The van der Waals surface area contributed by atoms with Crippen molar-refractivity contribution in [3.05, 3.63) is 46.2 Å². The quantitative estimate of drug-likeness (QED) is 0.872. The van der Waals surface area contributed by atoms with Crippen molar-refractivity contribution in [3.8, 4) is 11.3 Å². The Bertz CT molecular complexity index is 792. The first-order valence-corrected chi connectivity index (χ1v) is 8.51. The first-order chi connectivity index (χ1) is 12.4. The Kier molecular flexibility index (Phi) is 5.31. The number of anilines is 1. The number of aromatic amines is 1. The van der Waals surface area contributed by atoms with Crippen LogP contribution < -0.4 is 10.5 Å². The molecule has 1 aromatic heterocycles. The molecule has 5 nitrogen and oxygen atoms in total. The van der Waals surface area contributed by atoms with Gasteiger partial charge in [-0.25, -0.2) is 5.10 Å². The van der Waals surface area contributed by atoms with Crippen molar-refractivity contribution in [1.29, 1.82) is 0 Å². The van der Waals surface area contributed by atoms with Gasteiger partial charge in [-0.1, -0.05) is 6.07 Å². The monoisotopic (exact) mass is 367 g/mol. The van der Waals surface area contributed by atoms with Crippen LogP contribution in [0.25, 0.3) is 11.3 Å². The van der Waals surface area contributed by atoms with Crippen LogP contribution in [0.15, 0.2) is 35.1 Å². The van der Waals surface area contributed by atoms with Gasteiger partial charge in [0.2, 0.25) is 0 Å². The number of benzene rings is 1. The molecule has 8 heteroatoms. The molecule has 0 spiro atoms. The normalized spacial score (nSPS) is 16.1. The van der Waals surface area contributed by atoms with Gasteiger partial charge in [-0.15, -0.1) is 0 Å². The Hall–Kier alpha value is -2.35. The van der Waals surface area contributed by atoms with Gasteiger partial charge in [-0.05, 0) is 43.4 Å². The highest BCUT2D eigenvalue weighted by Gasteiger charge is 2.36. The summed E-state index contributed by atoms with van der Waals surface area (Å²) in [5.41, 5.74) is -0.375. The first-order valence-electron chi connectivity index (χ1n) is 8.51. The zero-order chi connectivity index (χ0) is 18.7. The van der Waals surface area contributed by atoms with E-state index in [1.165, 1.54) is 18.2 Å². The summed E-state index contributed by atoms with van der Waals surface area (Å²) in [6.45, 7) is 1.17. The molecule has 1 aromatic carbocycles. The molecule has 0 saturated carbocycles. The van der Waals surface area contributed by atoms with Gasteiger partial charge in [0.25, 0.3) is 5.56 Å². The average Bonchev–Trinajstić information content (AvgIpc) is 2.62. The molecular weight excluding hydrogens is 347 g/mol. The highest BCUT2D eigenvalue weighted by Crippen LogP contribution is 2.40. The van der Waals surface area contributed by atoms with Crippen molar-refractivity contribution in [2.45, 2.75) is 25.4 Å². The molecule has 1 aliphatic rings. The molecule has 0 radical (unpaired) electrons. The van der Waals surface area contributed by atoms with Crippen LogP contribution in [0.1, 0.15) is 24.8 Å². The van der Waals surface area contributed by atoms with E-state index in [2.05, 4.69) is 10.2 Å². The summed E-state index contributed by atoms with van der Waals surface area (Å²) in [5.74, 6) is 0.357. The molecule has 26 heavy (non-hydrogen) atoms. The molecule has 2 heterocycles. The lowest BCUT2D eigenvalue weighted by Gasteiger charge is -2.35. The zero-order valence-electron chi connectivity index (χ0n) is 14.1. The third kappa shape index (κ3) is 4.07. The number of piperidine rings is 1. The summed E-state index contributed by atoms with van der Waals surface area (Å²) in [6.07, 6.45) is -2.27. The molecule has 0 aliphatic carbocycles. The van der Waals surface area contributed by atoms with Gasteiger partial charge in [0.1, 0.15) is 0 Å². The Morgan fingerprint density at radius 1 is 1.19 bits per heavy atom. The maximum Gasteiger partial charge on any atom is 0.418 e. The molecule has 0 atom stereocenters. The first kappa shape index (κ1) is 18.4. The van der Waals surface area contributed by atoms with E-state index in [4.69, 9.17) is 5.11 Å². The topological polar surface area (TPSA) is 69.2 Å². The number of halogens is 3. The van der Waals surface area contributed by atoms with Crippen LogP contribution >= 0.6 is 0 Å². The SMILES string of the molecule is O=c1ccc(-c2ccc(N3CCC(CCO)CC3)c(C(F)(F)F)c2)n[nH]1. The number of nitrogens with one attached hydrogen (secondary N) is 1. The van der Waals surface area contributed by atoms with E-state index in [0.717, 1.165) is 18.9 Å². The second-order valence-corrected chi connectivity index (χ2v) is 6.48.